The summed E-state index contributed by atoms with van der Waals surface area (Å²) < 4.78 is 12.2. The monoisotopic (exact) mass is 325 g/mol. The zero-order valence-corrected chi connectivity index (χ0v) is 14.1. The topological polar surface area (TPSA) is 30.5 Å². The number of nitrogens with one attached hydrogen (secondary N) is 1. The van der Waals surface area contributed by atoms with Crippen LogP contribution in [0.15, 0.2) is 30.3 Å². The van der Waals surface area contributed by atoms with Crippen molar-refractivity contribution in [3.63, 3.8) is 0 Å². The van der Waals surface area contributed by atoms with Crippen molar-refractivity contribution in [1.82, 2.24) is 5.32 Å². The van der Waals surface area contributed by atoms with Gasteiger partial charge in [0.05, 0.1) is 11.4 Å². The van der Waals surface area contributed by atoms with E-state index in [4.69, 9.17) is 21.1 Å². The zero-order valence-electron chi connectivity index (χ0n) is 12.5. The molecule has 114 valence electrons. The lowest BCUT2D eigenvalue weighted by atomic mass is 10.1. The molecule has 0 saturated carbocycles. The maximum absolute atomic E-state index is 5.98. The van der Waals surface area contributed by atoms with Gasteiger partial charge in [0.2, 0.25) is 0 Å². The highest BCUT2D eigenvalue weighted by atomic mass is 35.5. The molecule has 0 spiro atoms. The largest absolute Gasteiger partial charge is 0.493 e. The van der Waals surface area contributed by atoms with E-state index in [0.29, 0.717) is 12.6 Å². The van der Waals surface area contributed by atoms with Crippen molar-refractivity contribution in [2.24, 2.45) is 0 Å². The molecule has 2 aromatic rings. The van der Waals surface area contributed by atoms with E-state index in [9.17, 15) is 0 Å². The highest BCUT2D eigenvalue weighted by Gasteiger charge is 2.11. The van der Waals surface area contributed by atoms with Gasteiger partial charge in [-0.3, -0.25) is 0 Å². The Labute approximate surface area is 134 Å². The van der Waals surface area contributed by atoms with Gasteiger partial charge >= 0.3 is 0 Å². The third kappa shape index (κ3) is 4.63. The van der Waals surface area contributed by atoms with Crippen molar-refractivity contribution in [3.8, 4) is 11.5 Å². The van der Waals surface area contributed by atoms with E-state index in [1.165, 1.54) is 11.3 Å². The Morgan fingerprint density at radius 1 is 1.24 bits per heavy atom. The Morgan fingerprint density at radius 3 is 2.67 bits per heavy atom. The van der Waals surface area contributed by atoms with E-state index in [1.54, 1.807) is 7.11 Å². The molecule has 0 radical (unpaired) electrons. The first-order chi connectivity index (χ1) is 10.1. The lowest BCUT2D eigenvalue weighted by molar-refractivity contribution is 0.283. The first-order valence-electron chi connectivity index (χ1n) is 6.86. The quantitative estimate of drug-likeness (QED) is 0.813. The molecule has 1 aromatic heterocycles. The molecule has 1 aromatic carbocycles. The molecule has 2 rings (SSSR count). The summed E-state index contributed by atoms with van der Waals surface area (Å²) in [6.45, 7) is 5.48. The number of para-hydroxylation sites is 1. The summed E-state index contributed by atoms with van der Waals surface area (Å²) in [5.41, 5.74) is 1.09. The van der Waals surface area contributed by atoms with Gasteiger partial charge in [-0.25, -0.2) is 0 Å². The van der Waals surface area contributed by atoms with Gasteiger partial charge in [0.25, 0.3) is 0 Å². The summed E-state index contributed by atoms with van der Waals surface area (Å²) in [5, 5.41) is 3.40. The standard InChI is InChI=1S/C16H20ClNO2S/c1-11(2)18-9-12-5-4-6-14(19-3)16(12)20-10-13-7-8-15(17)21-13/h4-8,11,18H,9-10H2,1-3H3. The minimum absolute atomic E-state index is 0.417. The molecule has 0 atom stereocenters. The second kappa shape index (κ2) is 7.69. The van der Waals surface area contributed by atoms with Crippen LogP contribution in [0.4, 0.5) is 0 Å². The zero-order chi connectivity index (χ0) is 15.2. The maximum Gasteiger partial charge on any atom is 0.166 e. The maximum atomic E-state index is 5.98. The fourth-order valence-corrected chi connectivity index (χ4v) is 2.91. The SMILES string of the molecule is COc1cccc(CNC(C)C)c1OCc1ccc(Cl)s1. The Kier molecular flexibility index (Phi) is 5.91. The molecular formula is C16H20ClNO2S. The molecule has 5 heteroatoms. The lowest BCUT2D eigenvalue weighted by Crippen LogP contribution is -2.22. The van der Waals surface area contributed by atoms with Gasteiger partial charge in [-0.1, -0.05) is 37.6 Å². The van der Waals surface area contributed by atoms with Crippen molar-refractivity contribution in [2.75, 3.05) is 7.11 Å². The average molecular weight is 326 g/mol. The van der Waals surface area contributed by atoms with E-state index in [0.717, 1.165) is 32.8 Å². The number of hydrogen-bond acceptors (Lipinski definition) is 4. The van der Waals surface area contributed by atoms with E-state index >= 15 is 0 Å². The van der Waals surface area contributed by atoms with E-state index in [2.05, 4.69) is 25.2 Å². The average Bonchev–Trinajstić information content (AvgIpc) is 2.88. The van der Waals surface area contributed by atoms with E-state index < -0.39 is 0 Å². The smallest absolute Gasteiger partial charge is 0.166 e. The van der Waals surface area contributed by atoms with Gasteiger partial charge in [-0.05, 0) is 18.2 Å². The van der Waals surface area contributed by atoms with Crippen LogP contribution in [0.25, 0.3) is 0 Å². The molecule has 21 heavy (non-hydrogen) atoms. The third-order valence-corrected chi connectivity index (χ3v) is 4.17. The number of benzene rings is 1. The van der Waals surface area contributed by atoms with Crippen LogP contribution >= 0.6 is 22.9 Å². The molecule has 0 amide bonds. The second-order valence-corrected chi connectivity index (χ2v) is 6.78. The van der Waals surface area contributed by atoms with Crippen molar-refractivity contribution in [1.29, 1.82) is 0 Å². The highest BCUT2D eigenvalue weighted by molar-refractivity contribution is 7.16. The summed E-state index contributed by atoms with van der Waals surface area (Å²) in [6, 6.07) is 10.2. The number of ether oxygens (including phenoxy) is 2. The van der Waals surface area contributed by atoms with Crippen LogP contribution in [-0.4, -0.2) is 13.2 Å². The number of methoxy groups -OCH3 is 1. The summed E-state index contributed by atoms with van der Waals surface area (Å²) >= 11 is 7.47. The Bertz CT molecular complexity index is 583. The first kappa shape index (κ1) is 16.1. The predicted octanol–water partition coefficient (Wildman–Crippen LogP) is 4.49. The molecule has 0 aliphatic rings. The van der Waals surface area contributed by atoms with Gasteiger partial charge < -0.3 is 14.8 Å². The summed E-state index contributed by atoms with van der Waals surface area (Å²) in [5.74, 6) is 1.54. The Morgan fingerprint density at radius 2 is 2.05 bits per heavy atom. The molecule has 1 heterocycles. The van der Waals surface area contributed by atoms with Gasteiger partial charge in [0, 0.05) is 23.0 Å². The number of hydrogen-bond donors (Lipinski definition) is 1. The third-order valence-electron chi connectivity index (χ3n) is 2.97. The van der Waals surface area contributed by atoms with Crippen LogP contribution in [0.2, 0.25) is 4.34 Å². The van der Waals surface area contributed by atoms with Gasteiger partial charge in [0.1, 0.15) is 6.61 Å². The van der Waals surface area contributed by atoms with Crippen LogP contribution < -0.4 is 14.8 Å². The molecular weight excluding hydrogens is 306 g/mol. The minimum atomic E-state index is 0.417. The highest BCUT2D eigenvalue weighted by Crippen LogP contribution is 2.32. The fraction of sp³-hybridized carbons (Fsp3) is 0.375. The van der Waals surface area contributed by atoms with E-state index in [1.807, 2.05) is 24.3 Å². The summed E-state index contributed by atoms with van der Waals surface area (Å²) in [7, 11) is 1.66. The van der Waals surface area contributed by atoms with Crippen LogP contribution in [0.1, 0.15) is 24.3 Å². The van der Waals surface area contributed by atoms with Crippen molar-refractivity contribution in [2.45, 2.75) is 33.0 Å². The van der Waals surface area contributed by atoms with Crippen LogP contribution in [-0.2, 0) is 13.2 Å². The summed E-state index contributed by atoms with van der Waals surface area (Å²) in [6.07, 6.45) is 0. The summed E-state index contributed by atoms with van der Waals surface area (Å²) in [4.78, 5) is 1.09. The predicted molar refractivity (Wildman–Crippen MR) is 88.6 cm³/mol. The first-order valence-corrected chi connectivity index (χ1v) is 8.06. The molecule has 0 fully saturated rings. The van der Waals surface area contributed by atoms with Crippen LogP contribution in [0, 0.1) is 0 Å². The van der Waals surface area contributed by atoms with Crippen molar-refractivity contribution < 1.29 is 9.47 Å². The Hall–Kier alpha value is -1.23. The molecule has 1 N–H and O–H groups in total. The van der Waals surface area contributed by atoms with Crippen molar-refractivity contribution in [3.05, 3.63) is 45.1 Å². The number of halogens is 1. The normalized spacial score (nSPS) is 10.9. The molecule has 0 unspecified atom stereocenters. The molecule has 0 saturated heterocycles. The number of thiophene rings is 1. The Balaban J connectivity index is 2.14. The van der Waals surface area contributed by atoms with Gasteiger partial charge in [-0.2, -0.15) is 0 Å². The lowest BCUT2D eigenvalue weighted by Gasteiger charge is -2.16. The van der Waals surface area contributed by atoms with Gasteiger partial charge in [0.15, 0.2) is 11.5 Å². The molecule has 0 aliphatic heterocycles. The van der Waals surface area contributed by atoms with Gasteiger partial charge in [-0.15, -0.1) is 11.3 Å². The fourth-order valence-electron chi connectivity index (χ4n) is 1.91. The van der Waals surface area contributed by atoms with Crippen LogP contribution in [0.5, 0.6) is 11.5 Å². The van der Waals surface area contributed by atoms with Crippen LogP contribution in [0.3, 0.4) is 0 Å². The molecule has 3 nitrogen and oxygen atoms in total. The second-order valence-electron chi connectivity index (χ2n) is 4.98. The molecule has 0 bridgehead atoms. The van der Waals surface area contributed by atoms with Crippen molar-refractivity contribution >= 4 is 22.9 Å². The number of rotatable bonds is 7. The molecule has 0 aliphatic carbocycles. The minimum Gasteiger partial charge on any atom is -0.493 e. The van der Waals surface area contributed by atoms with E-state index in [-0.39, 0.29) is 0 Å².